The van der Waals surface area contributed by atoms with Gasteiger partial charge in [0.15, 0.2) is 5.75 Å². The van der Waals surface area contributed by atoms with E-state index in [0.717, 1.165) is 6.26 Å². The van der Waals surface area contributed by atoms with Crippen molar-refractivity contribution in [2.45, 2.75) is 19.9 Å². The highest BCUT2D eigenvalue weighted by molar-refractivity contribution is 7.92. The number of hydrogen-bond acceptors (Lipinski definition) is 7. The molecule has 0 spiro atoms. The average Bonchev–Trinajstić information content (AvgIpc) is 2.78. The van der Waals surface area contributed by atoms with Crippen LogP contribution in [0.15, 0.2) is 39.5 Å². The number of amides is 1. The van der Waals surface area contributed by atoms with Crippen LogP contribution in [-0.2, 0) is 23.0 Å². The number of anilines is 1. The van der Waals surface area contributed by atoms with Crippen LogP contribution in [0.25, 0.3) is 11.0 Å². The maximum Gasteiger partial charge on any atom is 0.414 e. The summed E-state index contributed by atoms with van der Waals surface area (Å²) in [4.78, 5) is 28.5. The van der Waals surface area contributed by atoms with Crippen molar-refractivity contribution in [3.63, 3.8) is 0 Å². The summed E-state index contributed by atoms with van der Waals surface area (Å²) in [6.07, 6.45) is 0.497. The fraction of sp³-hybridized carbons (Fsp3) is 0.333. The number of sulfonamides is 1. The molecule has 9 nitrogen and oxygen atoms in total. The van der Waals surface area contributed by atoms with Gasteiger partial charge < -0.3 is 19.0 Å². The number of ether oxygens (including phenoxy) is 1. The Hall–Kier alpha value is -2.79. The van der Waals surface area contributed by atoms with Crippen LogP contribution in [0.5, 0.6) is 5.75 Å². The molecule has 0 bridgehead atoms. The van der Waals surface area contributed by atoms with Crippen LogP contribution >= 0.6 is 23.2 Å². The van der Waals surface area contributed by atoms with Gasteiger partial charge in [-0.3, -0.25) is 4.72 Å². The topological polar surface area (TPSA) is 109 Å². The highest BCUT2D eigenvalue weighted by Gasteiger charge is 2.21. The molecule has 36 heavy (non-hydrogen) atoms. The van der Waals surface area contributed by atoms with E-state index >= 15 is 0 Å². The Labute approximate surface area is 219 Å². The Morgan fingerprint density at radius 2 is 1.83 bits per heavy atom. The first-order chi connectivity index (χ1) is 16.8. The molecule has 0 aliphatic rings. The van der Waals surface area contributed by atoms with E-state index < -0.39 is 21.7 Å². The van der Waals surface area contributed by atoms with Gasteiger partial charge in [-0.05, 0) is 36.9 Å². The average molecular weight is 556 g/mol. The fourth-order valence-corrected chi connectivity index (χ4v) is 4.56. The maximum atomic E-state index is 13.2. The van der Waals surface area contributed by atoms with Gasteiger partial charge in [0, 0.05) is 44.1 Å². The molecule has 0 saturated carbocycles. The van der Waals surface area contributed by atoms with Crippen LogP contribution < -0.4 is 15.1 Å². The number of nitrogens with one attached hydrogen (secondary N) is 1. The van der Waals surface area contributed by atoms with Gasteiger partial charge in [-0.15, -0.1) is 0 Å². The van der Waals surface area contributed by atoms with Gasteiger partial charge in [-0.25, -0.2) is 18.0 Å². The zero-order chi connectivity index (χ0) is 26.8. The van der Waals surface area contributed by atoms with Crippen molar-refractivity contribution < 1.29 is 22.4 Å². The van der Waals surface area contributed by atoms with Gasteiger partial charge in [-0.2, -0.15) is 0 Å². The van der Waals surface area contributed by atoms with E-state index in [4.69, 9.17) is 32.4 Å². The zero-order valence-corrected chi connectivity index (χ0v) is 22.8. The molecule has 3 aromatic rings. The predicted octanol–water partition coefficient (Wildman–Crippen LogP) is 4.57. The first-order valence-electron chi connectivity index (χ1n) is 10.9. The predicted molar refractivity (Wildman–Crippen MR) is 142 cm³/mol. The molecule has 1 N–H and O–H groups in total. The summed E-state index contributed by atoms with van der Waals surface area (Å²) < 4.78 is 36.7. The molecule has 0 saturated heterocycles. The standard InChI is InChI=1S/C24H27Cl2N3O6S/c1-6-29(4)13-17-15-11-18(25)21(35-24(31)28(2)3)12-20(15)34-23(30)16(17)10-14-8-7-9-19(22(14)26)27-36(5,32)33/h7-9,11-12,27H,6,10,13H2,1-5H3. The smallest absolute Gasteiger partial charge is 0.414 e. The third-order valence-corrected chi connectivity index (χ3v) is 6.78. The lowest BCUT2D eigenvalue weighted by Crippen LogP contribution is -2.25. The summed E-state index contributed by atoms with van der Waals surface area (Å²) in [5, 5.41) is 0.942. The molecule has 0 aliphatic carbocycles. The fourth-order valence-electron chi connectivity index (χ4n) is 3.49. The van der Waals surface area contributed by atoms with E-state index in [2.05, 4.69) is 4.72 Å². The summed E-state index contributed by atoms with van der Waals surface area (Å²) in [7, 11) is 1.43. The SMILES string of the molecule is CCN(C)Cc1c(Cc2cccc(NS(C)(=O)=O)c2Cl)c(=O)oc2cc(OC(=O)N(C)C)c(Cl)cc12. The van der Waals surface area contributed by atoms with E-state index in [0.29, 0.717) is 35.2 Å². The third-order valence-electron chi connectivity index (χ3n) is 5.44. The van der Waals surface area contributed by atoms with Gasteiger partial charge in [0.05, 0.1) is 22.0 Å². The van der Waals surface area contributed by atoms with E-state index in [1.807, 2.05) is 18.9 Å². The van der Waals surface area contributed by atoms with Crippen LogP contribution in [0.2, 0.25) is 10.0 Å². The van der Waals surface area contributed by atoms with Crippen LogP contribution in [-0.4, -0.2) is 58.3 Å². The molecule has 1 amide bonds. The highest BCUT2D eigenvalue weighted by atomic mass is 35.5. The van der Waals surface area contributed by atoms with Crippen LogP contribution in [0.3, 0.4) is 0 Å². The van der Waals surface area contributed by atoms with Crippen LogP contribution in [0.1, 0.15) is 23.6 Å². The van der Waals surface area contributed by atoms with Crippen molar-refractivity contribution in [1.29, 1.82) is 0 Å². The maximum absolute atomic E-state index is 13.2. The molecule has 0 atom stereocenters. The van der Waals surface area contributed by atoms with Gasteiger partial charge in [0.1, 0.15) is 5.58 Å². The Morgan fingerprint density at radius 1 is 1.14 bits per heavy atom. The number of hydrogen-bond donors (Lipinski definition) is 1. The lowest BCUT2D eigenvalue weighted by Gasteiger charge is -2.19. The number of fused-ring (bicyclic) bond motifs is 1. The molecule has 2 aromatic carbocycles. The molecule has 3 rings (SSSR count). The number of nitrogens with zero attached hydrogens (tertiary/aromatic N) is 2. The minimum atomic E-state index is -3.55. The molecule has 0 radical (unpaired) electrons. The zero-order valence-electron chi connectivity index (χ0n) is 20.5. The van der Waals surface area contributed by atoms with Gasteiger partial charge in [0.25, 0.3) is 0 Å². The monoisotopic (exact) mass is 555 g/mol. The van der Waals surface area contributed by atoms with E-state index in [1.165, 1.54) is 31.1 Å². The number of halogens is 2. The molecule has 0 fully saturated rings. The lowest BCUT2D eigenvalue weighted by atomic mass is 9.97. The number of carbonyl (C=O) groups excluding carboxylic acids is 1. The summed E-state index contributed by atoms with van der Waals surface area (Å²) >= 11 is 12.9. The summed E-state index contributed by atoms with van der Waals surface area (Å²) in [5.41, 5.74) is 1.41. The van der Waals surface area contributed by atoms with Gasteiger partial charge in [0.2, 0.25) is 10.0 Å². The van der Waals surface area contributed by atoms with Crippen molar-refractivity contribution in [3.8, 4) is 5.75 Å². The Kier molecular flexibility index (Phi) is 8.55. The number of rotatable bonds is 8. The first kappa shape index (κ1) is 27.8. The van der Waals surface area contributed by atoms with Crippen LogP contribution in [0.4, 0.5) is 10.5 Å². The van der Waals surface area contributed by atoms with Gasteiger partial charge >= 0.3 is 11.7 Å². The van der Waals surface area contributed by atoms with E-state index in [9.17, 15) is 18.0 Å². The largest absolute Gasteiger partial charge is 0.422 e. The minimum absolute atomic E-state index is 0.0659. The number of benzene rings is 2. The van der Waals surface area contributed by atoms with Crippen molar-refractivity contribution in [2.75, 3.05) is 38.7 Å². The quantitative estimate of drug-likeness (QED) is 0.405. The summed E-state index contributed by atoms with van der Waals surface area (Å²) in [6, 6.07) is 7.92. The molecule has 1 aromatic heterocycles. The van der Waals surface area contributed by atoms with Crippen molar-refractivity contribution in [3.05, 3.63) is 67.5 Å². The Morgan fingerprint density at radius 3 is 2.44 bits per heavy atom. The molecular formula is C24H27Cl2N3O6S. The van der Waals surface area contributed by atoms with Crippen molar-refractivity contribution in [1.82, 2.24) is 9.80 Å². The Balaban J connectivity index is 2.17. The first-order valence-corrected chi connectivity index (χ1v) is 13.6. The molecule has 0 aliphatic heterocycles. The number of carbonyl (C=O) groups is 1. The van der Waals surface area contributed by atoms with Crippen molar-refractivity contribution >= 4 is 56.0 Å². The second-order valence-electron chi connectivity index (χ2n) is 8.55. The third kappa shape index (κ3) is 6.50. The second kappa shape index (κ2) is 11.1. The molecular weight excluding hydrogens is 529 g/mol. The molecule has 194 valence electrons. The van der Waals surface area contributed by atoms with Crippen LogP contribution in [0, 0.1) is 0 Å². The van der Waals surface area contributed by atoms with E-state index in [-0.39, 0.29) is 33.5 Å². The summed E-state index contributed by atoms with van der Waals surface area (Å²) in [6.45, 7) is 3.10. The molecule has 0 unspecified atom stereocenters. The normalized spacial score (nSPS) is 11.7. The Bertz CT molecular complexity index is 1470. The van der Waals surface area contributed by atoms with Gasteiger partial charge in [-0.1, -0.05) is 42.3 Å². The van der Waals surface area contributed by atoms with E-state index in [1.54, 1.807) is 18.2 Å². The molecule has 1 heterocycles. The lowest BCUT2D eigenvalue weighted by molar-refractivity contribution is 0.172. The summed E-state index contributed by atoms with van der Waals surface area (Å²) in [5.74, 6) is 0.0659. The molecule has 12 heteroatoms. The minimum Gasteiger partial charge on any atom is -0.422 e. The van der Waals surface area contributed by atoms with Crippen molar-refractivity contribution in [2.24, 2.45) is 0 Å². The second-order valence-corrected chi connectivity index (χ2v) is 11.1. The highest BCUT2D eigenvalue weighted by Crippen LogP contribution is 2.34.